The van der Waals surface area contributed by atoms with Gasteiger partial charge in [-0.2, -0.15) is 0 Å². The second-order valence-electron chi connectivity index (χ2n) is 5.22. The van der Waals surface area contributed by atoms with Gasteiger partial charge in [0.2, 0.25) is 5.91 Å². The number of anilines is 1. The zero-order valence-corrected chi connectivity index (χ0v) is 13.5. The molecule has 1 aromatic carbocycles. The number of aryl methyl sites for hydroxylation is 1. The van der Waals surface area contributed by atoms with Crippen LogP contribution in [0.15, 0.2) is 18.2 Å². The Hall–Kier alpha value is -1.06. The van der Waals surface area contributed by atoms with Gasteiger partial charge in [-0.3, -0.25) is 4.79 Å². The molecule has 112 valence electrons. The highest BCUT2D eigenvalue weighted by Crippen LogP contribution is 2.37. The van der Waals surface area contributed by atoms with E-state index in [1.807, 2.05) is 25.1 Å². The summed E-state index contributed by atoms with van der Waals surface area (Å²) < 4.78 is 5.75. The summed E-state index contributed by atoms with van der Waals surface area (Å²) >= 11 is 5.60. The first-order valence-corrected chi connectivity index (χ1v) is 7.53. The van der Waals surface area contributed by atoms with Crippen molar-refractivity contribution in [3.05, 3.63) is 29.3 Å². The molecular weight excluding hydrogens is 274 g/mol. The molecule has 0 aromatic heterocycles. The number of alkyl halides is 1. The number of para-hydroxylation sites is 1. The lowest BCUT2D eigenvalue weighted by Crippen LogP contribution is -2.27. The Kier molecular flexibility index (Phi) is 6.50. The van der Waals surface area contributed by atoms with Crippen LogP contribution in [0.25, 0.3) is 0 Å². The van der Waals surface area contributed by atoms with Gasteiger partial charge in [0.25, 0.3) is 0 Å². The van der Waals surface area contributed by atoms with Crippen LogP contribution in [0.5, 0.6) is 0 Å². The van der Waals surface area contributed by atoms with E-state index in [1.165, 1.54) is 0 Å². The fourth-order valence-corrected chi connectivity index (χ4v) is 2.37. The number of hydrogen-bond acceptors (Lipinski definition) is 2. The Morgan fingerprint density at radius 1 is 1.45 bits per heavy atom. The summed E-state index contributed by atoms with van der Waals surface area (Å²) in [7, 11) is 1.71. The minimum atomic E-state index is -0.406. The first-order chi connectivity index (χ1) is 9.48. The molecule has 4 heteroatoms. The number of halogens is 1. The molecule has 1 N–H and O–H groups in total. The SMILES string of the molecule is CCCCC(C)(OC)c1cccc(C)c1NC(=O)CCl. The predicted molar refractivity (Wildman–Crippen MR) is 84.4 cm³/mol. The first kappa shape index (κ1) is 17.0. The zero-order chi connectivity index (χ0) is 15.2. The fourth-order valence-electron chi connectivity index (χ4n) is 2.31. The summed E-state index contributed by atoms with van der Waals surface area (Å²) in [6.07, 6.45) is 3.09. The minimum absolute atomic E-state index is 0.0492. The molecule has 1 unspecified atom stereocenters. The van der Waals surface area contributed by atoms with Crippen LogP contribution in [0, 0.1) is 6.92 Å². The molecule has 0 bridgehead atoms. The van der Waals surface area contributed by atoms with Crippen molar-refractivity contribution in [3.8, 4) is 0 Å². The van der Waals surface area contributed by atoms with E-state index in [9.17, 15) is 4.79 Å². The van der Waals surface area contributed by atoms with Gasteiger partial charge in [0.1, 0.15) is 5.88 Å². The number of unbranched alkanes of at least 4 members (excludes halogenated alkanes) is 1. The average Bonchev–Trinajstić information content (AvgIpc) is 2.46. The molecule has 0 saturated carbocycles. The van der Waals surface area contributed by atoms with E-state index in [4.69, 9.17) is 16.3 Å². The van der Waals surface area contributed by atoms with E-state index in [-0.39, 0.29) is 11.8 Å². The van der Waals surface area contributed by atoms with Crippen molar-refractivity contribution in [2.24, 2.45) is 0 Å². The van der Waals surface area contributed by atoms with Crippen LogP contribution in [-0.4, -0.2) is 18.9 Å². The van der Waals surface area contributed by atoms with Crippen molar-refractivity contribution in [1.29, 1.82) is 0 Å². The Morgan fingerprint density at radius 2 is 2.15 bits per heavy atom. The van der Waals surface area contributed by atoms with Crippen LogP contribution in [0.3, 0.4) is 0 Å². The third-order valence-corrected chi connectivity index (χ3v) is 3.93. The van der Waals surface area contributed by atoms with Crippen molar-refractivity contribution in [2.45, 2.75) is 45.6 Å². The highest BCUT2D eigenvalue weighted by molar-refractivity contribution is 6.29. The third kappa shape index (κ3) is 3.97. The van der Waals surface area contributed by atoms with Crippen LogP contribution in [-0.2, 0) is 15.1 Å². The summed E-state index contributed by atoms with van der Waals surface area (Å²) in [6.45, 7) is 6.19. The quantitative estimate of drug-likeness (QED) is 0.765. The highest BCUT2D eigenvalue weighted by Gasteiger charge is 2.29. The predicted octanol–water partition coefficient (Wildman–Crippen LogP) is 4.22. The second kappa shape index (κ2) is 7.65. The molecule has 0 saturated heterocycles. The van der Waals surface area contributed by atoms with E-state index in [0.717, 1.165) is 36.1 Å². The Morgan fingerprint density at radius 3 is 2.70 bits per heavy atom. The van der Waals surface area contributed by atoms with Crippen molar-refractivity contribution in [1.82, 2.24) is 0 Å². The molecule has 1 atom stereocenters. The number of ether oxygens (including phenoxy) is 1. The maximum absolute atomic E-state index is 11.6. The first-order valence-electron chi connectivity index (χ1n) is 6.99. The van der Waals surface area contributed by atoms with Crippen molar-refractivity contribution in [3.63, 3.8) is 0 Å². The molecule has 0 aliphatic carbocycles. The molecule has 0 fully saturated rings. The number of methoxy groups -OCH3 is 1. The Bertz CT molecular complexity index is 462. The molecule has 20 heavy (non-hydrogen) atoms. The van der Waals surface area contributed by atoms with Crippen LogP contribution >= 0.6 is 11.6 Å². The molecule has 0 heterocycles. The van der Waals surface area contributed by atoms with Crippen molar-refractivity contribution in [2.75, 3.05) is 18.3 Å². The third-order valence-electron chi connectivity index (χ3n) is 3.69. The maximum Gasteiger partial charge on any atom is 0.239 e. The summed E-state index contributed by atoms with van der Waals surface area (Å²) in [4.78, 5) is 11.6. The van der Waals surface area contributed by atoms with E-state index in [0.29, 0.717) is 0 Å². The monoisotopic (exact) mass is 297 g/mol. The van der Waals surface area contributed by atoms with Gasteiger partial charge < -0.3 is 10.1 Å². The van der Waals surface area contributed by atoms with Crippen LogP contribution in [0.2, 0.25) is 0 Å². The van der Waals surface area contributed by atoms with E-state index >= 15 is 0 Å². The summed E-state index contributed by atoms with van der Waals surface area (Å²) in [5, 5.41) is 2.89. The number of carbonyl (C=O) groups is 1. The maximum atomic E-state index is 11.6. The molecule has 1 amide bonds. The van der Waals surface area contributed by atoms with E-state index in [2.05, 4.69) is 19.2 Å². The lowest BCUT2D eigenvalue weighted by Gasteiger charge is -2.31. The number of amides is 1. The molecule has 0 aliphatic heterocycles. The molecule has 1 aromatic rings. The number of carbonyl (C=O) groups excluding carboxylic acids is 1. The van der Waals surface area contributed by atoms with Crippen LogP contribution in [0.4, 0.5) is 5.69 Å². The zero-order valence-electron chi connectivity index (χ0n) is 12.8. The standard InChI is InChI=1S/C16H24ClNO2/c1-5-6-10-16(3,20-4)13-9-7-8-12(2)15(13)18-14(19)11-17/h7-9H,5-6,10-11H2,1-4H3,(H,18,19). The molecule has 0 aliphatic rings. The lowest BCUT2D eigenvalue weighted by molar-refractivity contribution is -0.113. The Labute approximate surface area is 126 Å². The van der Waals surface area contributed by atoms with Crippen LogP contribution < -0.4 is 5.32 Å². The summed E-state index contributed by atoms with van der Waals surface area (Å²) in [6, 6.07) is 5.98. The molecular formula is C16H24ClNO2. The van der Waals surface area contributed by atoms with Gasteiger partial charge in [-0.05, 0) is 25.8 Å². The topological polar surface area (TPSA) is 38.3 Å². The van der Waals surface area contributed by atoms with Gasteiger partial charge in [-0.15, -0.1) is 11.6 Å². The summed E-state index contributed by atoms with van der Waals surface area (Å²) in [5.74, 6) is -0.247. The molecule has 0 radical (unpaired) electrons. The fraction of sp³-hybridized carbons (Fsp3) is 0.562. The molecule has 0 spiro atoms. The van der Waals surface area contributed by atoms with E-state index in [1.54, 1.807) is 7.11 Å². The van der Waals surface area contributed by atoms with Crippen molar-refractivity contribution >= 4 is 23.2 Å². The Balaban J connectivity index is 3.20. The van der Waals surface area contributed by atoms with Gasteiger partial charge in [0, 0.05) is 18.4 Å². The molecule has 1 rings (SSSR count). The van der Waals surface area contributed by atoms with E-state index < -0.39 is 5.60 Å². The number of nitrogens with one attached hydrogen (secondary N) is 1. The largest absolute Gasteiger partial charge is 0.374 e. The second-order valence-corrected chi connectivity index (χ2v) is 5.49. The van der Waals surface area contributed by atoms with Gasteiger partial charge in [0.05, 0.1) is 5.60 Å². The molecule has 3 nitrogen and oxygen atoms in total. The lowest BCUT2D eigenvalue weighted by atomic mass is 9.87. The van der Waals surface area contributed by atoms with Gasteiger partial charge >= 0.3 is 0 Å². The minimum Gasteiger partial charge on any atom is -0.374 e. The van der Waals surface area contributed by atoms with Gasteiger partial charge in [-0.25, -0.2) is 0 Å². The summed E-state index contributed by atoms with van der Waals surface area (Å²) in [5.41, 5.74) is 2.43. The number of hydrogen-bond donors (Lipinski definition) is 1. The van der Waals surface area contributed by atoms with Crippen LogP contribution in [0.1, 0.15) is 44.2 Å². The van der Waals surface area contributed by atoms with Gasteiger partial charge in [-0.1, -0.05) is 38.0 Å². The number of rotatable bonds is 7. The van der Waals surface area contributed by atoms with Crippen molar-refractivity contribution < 1.29 is 9.53 Å². The van der Waals surface area contributed by atoms with Gasteiger partial charge in [0.15, 0.2) is 0 Å². The highest BCUT2D eigenvalue weighted by atomic mass is 35.5. The normalized spacial score (nSPS) is 13.8. The smallest absolute Gasteiger partial charge is 0.239 e. The number of benzene rings is 1. The average molecular weight is 298 g/mol.